The van der Waals surface area contributed by atoms with E-state index in [0.717, 1.165) is 23.8 Å². The number of hydrogen-bond donors (Lipinski definition) is 1. The molecule has 3 rings (SSSR count). The molecule has 1 saturated heterocycles. The van der Waals surface area contributed by atoms with Gasteiger partial charge in [0.15, 0.2) is 0 Å². The summed E-state index contributed by atoms with van der Waals surface area (Å²) in [5.74, 6) is 3.10. The zero-order valence-corrected chi connectivity index (χ0v) is 11.3. The maximum Gasteiger partial charge on any atom is 0.0198 e. The molecular formula is C15H28N2. The molecule has 1 aliphatic heterocycles. The molecule has 0 radical (unpaired) electrons. The first kappa shape index (κ1) is 12.0. The van der Waals surface area contributed by atoms with Crippen LogP contribution in [0.3, 0.4) is 0 Å². The smallest absolute Gasteiger partial charge is 0.0198 e. The molecule has 17 heavy (non-hydrogen) atoms. The zero-order chi connectivity index (χ0) is 11.7. The van der Waals surface area contributed by atoms with Crippen LogP contribution in [0.25, 0.3) is 0 Å². The molecular weight excluding hydrogens is 208 g/mol. The van der Waals surface area contributed by atoms with Gasteiger partial charge in [-0.05, 0) is 56.5 Å². The molecule has 0 aromatic heterocycles. The molecule has 0 aromatic carbocycles. The molecule has 1 N–H and O–H groups in total. The third kappa shape index (κ3) is 3.69. The first-order valence-corrected chi connectivity index (χ1v) is 7.79. The van der Waals surface area contributed by atoms with Gasteiger partial charge in [0.05, 0.1) is 0 Å². The predicted molar refractivity (Wildman–Crippen MR) is 72.1 cm³/mol. The van der Waals surface area contributed by atoms with Crippen molar-refractivity contribution in [3.63, 3.8) is 0 Å². The maximum absolute atomic E-state index is 3.83. The van der Waals surface area contributed by atoms with Gasteiger partial charge in [0, 0.05) is 19.1 Å². The minimum Gasteiger partial charge on any atom is -0.312 e. The molecule has 0 amide bonds. The van der Waals surface area contributed by atoms with Gasteiger partial charge in [-0.2, -0.15) is 0 Å². The monoisotopic (exact) mass is 236 g/mol. The first-order valence-electron chi connectivity index (χ1n) is 7.79. The molecule has 2 unspecified atom stereocenters. The number of likely N-dealkylation sites (tertiary alicyclic amines) is 1. The van der Waals surface area contributed by atoms with E-state index < -0.39 is 0 Å². The first-order chi connectivity index (χ1) is 8.33. The van der Waals surface area contributed by atoms with Gasteiger partial charge in [0.1, 0.15) is 0 Å². The molecule has 2 aliphatic carbocycles. The highest BCUT2D eigenvalue weighted by Crippen LogP contribution is 2.38. The van der Waals surface area contributed by atoms with Crippen LogP contribution in [0.5, 0.6) is 0 Å². The minimum atomic E-state index is 0.785. The Balaban J connectivity index is 1.46. The topological polar surface area (TPSA) is 15.3 Å². The summed E-state index contributed by atoms with van der Waals surface area (Å²) in [6, 6.07) is 0.785. The van der Waals surface area contributed by atoms with Crippen molar-refractivity contribution in [2.75, 3.05) is 26.2 Å². The highest BCUT2D eigenvalue weighted by atomic mass is 15.2. The molecule has 3 aliphatic rings. The lowest BCUT2D eigenvalue weighted by Crippen LogP contribution is -2.49. The molecule has 3 fully saturated rings. The Bertz CT molecular complexity index is 245. The normalized spacial score (nSPS) is 35.1. The Morgan fingerprint density at radius 1 is 1.00 bits per heavy atom. The average molecular weight is 236 g/mol. The van der Waals surface area contributed by atoms with Gasteiger partial charge in [-0.25, -0.2) is 0 Å². The summed E-state index contributed by atoms with van der Waals surface area (Å²) in [6.07, 6.45) is 8.94. The van der Waals surface area contributed by atoms with Crippen molar-refractivity contribution in [3.05, 3.63) is 0 Å². The highest BCUT2D eigenvalue weighted by Gasteiger charge is 2.32. The van der Waals surface area contributed by atoms with Gasteiger partial charge in [0.25, 0.3) is 0 Å². The molecule has 2 saturated carbocycles. The van der Waals surface area contributed by atoms with Crippen LogP contribution < -0.4 is 5.32 Å². The van der Waals surface area contributed by atoms with E-state index in [0.29, 0.717) is 0 Å². The van der Waals surface area contributed by atoms with E-state index in [1.54, 1.807) is 0 Å². The second-order valence-corrected chi connectivity index (χ2v) is 6.68. The zero-order valence-electron chi connectivity index (χ0n) is 11.3. The molecule has 0 bridgehead atoms. The van der Waals surface area contributed by atoms with Gasteiger partial charge in [-0.1, -0.05) is 19.8 Å². The highest BCUT2D eigenvalue weighted by molar-refractivity contribution is 4.88. The van der Waals surface area contributed by atoms with Crippen LogP contribution in [0.2, 0.25) is 0 Å². The molecule has 1 heterocycles. The van der Waals surface area contributed by atoms with Crippen molar-refractivity contribution in [2.24, 2.45) is 17.8 Å². The number of hydrogen-bond acceptors (Lipinski definition) is 2. The maximum atomic E-state index is 3.83. The standard InChI is InChI=1S/C15H28N2/c1-2-17-10-14(7-12-3-4-12)8-15(11-17)16-9-13-5-6-13/h12-16H,2-11H2,1H3. The largest absolute Gasteiger partial charge is 0.312 e. The van der Waals surface area contributed by atoms with Gasteiger partial charge < -0.3 is 10.2 Å². The van der Waals surface area contributed by atoms with Crippen molar-refractivity contribution in [1.29, 1.82) is 0 Å². The number of nitrogens with one attached hydrogen (secondary N) is 1. The van der Waals surface area contributed by atoms with Crippen LogP contribution in [-0.4, -0.2) is 37.1 Å². The number of piperidine rings is 1. The van der Waals surface area contributed by atoms with Gasteiger partial charge in [-0.15, -0.1) is 0 Å². The van der Waals surface area contributed by atoms with E-state index in [9.17, 15) is 0 Å². The van der Waals surface area contributed by atoms with Crippen LogP contribution in [0, 0.1) is 17.8 Å². The fourth-order valence-corrected chi connectivity index (χ4v) is 3.36. The number of nitrogens with zero attached hydrogens (tertiary/aromatic N) is 1. The van der Waals surface area contributed by atoms with E-state index in [1.807, 2.05) is 0 Å². The Morgan fingerprint density at radius 2 is 1.76 bits per heavy atom. The number of rotatable bonds is 6. The number of likely N-dealkylation sites (N-methyl/N-ethyl adjacent to an activating group) is 1. The van der Waals surface area contributed by atoms with Crippen molar-refractivity contribution < 1.29 is 0 Å². The second kappa shape index (κ2) is 5.27. The summed E-state index contributed by atoms with van der Waals surface area (Å²) in [4.78, 5) is 2.67. The van der Waals surface area contributed by atoms with E-state index in [4.69, 9.17) is 0 Å². The lowest BCUT2D eigenvalue weighted by atomic mass is 9.89. The molecule has 0 aromatic rings. The lowest BCUT2D eigenvalue weighted by molar-refractivity contribution is 0.138. The fraction of sp³-hybridized carbons (Fsp3) is 1.00. The van der Waals surface area contributed by atoms with Gasteiger partial charge >= 0.3 is 0 Å². The van der Waals surface area contributed by atoms with Crippen LogP contribution in [-0.2, 0) is 0 Å². The van der Waals surface area contributed by atoms with E-state index >= 15 is 0 Å². The summed E-state index contributed by atoms with van der Waals surface area (Å²) >= 11 is 0. The Morgan fingerprint density at radius 3 is 2.41 bits per heavy atom. The lowest BCUT2D eigenvalue weighted by Gasteiger charge is -2.38. The molecule has 2 atom stereocenters. The summed E-state index contributed by atoms with van der Waals surface area (Å²) in [7, 11) is 0. The fourth-order valence-electron chi connectivity index (χ4n) is 3.36. The van der Waals surface area contributed by atoms with Crippen LogP contribution in [0.15, 0.2) is 0 Å². The van der Waals surface area contributed by atoms with Crippen LogP contribution in [0.1, 0.15) is 45.4 Å². The van der Waals surface area contributed by atoms with E-state index in [1.165, 1.54) is 64.7 Å². The van der Waals surface area contributed by atoms with E-state index in [2.05, 4.69) is 17.1 Å². The van der Waals surface area contributed by atoms with Crippen molar-refractivity contribution in [2.45, 2.75) is 51.5 Å². The Hall–Kier alpha value is -0.0800. The molecule has 2 nitrogen and oxygen atoms in total. The van der Waals surface area contributed by atoms with Crippen molar-refractivity contribution in [1.82, 2.24) is 10.2 Å². The predicted octanol–water partition coefficient (Wildman–Crippen LogP) is 2.50. The molecule has 2 heteroatoms. The SMILES string of the molecule is CCN1CC(CC2CC2)CC(NCC2CC2)C1. The van der Waals surface area contributed by atoms with Crippen molar-refractivity contribution >= 4 is 0 Å². The Kier molecular flexibility index (Phi) is 3.72. The summed E-state index contributed by atoms with van der Waals surface area (Å²) in [6.45, 7) is 7.51. The van der Waals surface area contributed by atoms with E-state index in [-0.39, 0.29) is 0 Å². The summed E-state index contributed by atoms with van der Waals surface area (Å²) in [5, 5.41) is 3.83. The molecule has 0 spiro atoms. The van der Waals surface area contributed by atoms with Gasteiger partial charge in [-0.3, -0.25) is 0 Å². The minimum absolute atomic E-state index is 0.785. The Labute approximate surface area is 106 Å². The summed E-state index contributed by atoms with van der Waals surface area (Å²) < 4.78 is 0. The third-order valence-electron chi connectivity index (χ3n) is 4.82. The average Bonchev–Trinajstić information content (AvgIpc) is 3.20. The van der Waals surface area contributed by atoms with Crippen molar-refractivity contribution in [3.8, 4) is 0 Å². The van der Waals surface area contributed by atoms with Crippen LogP contribution in [0.4, 0.5) is 0 Å². The quantitative estimate of drug-likeness (QED) is 0.762. The second-order valence-electron chi connectivity index (χ2n) is 6.68. The molecule has 98 valence electrons. The van der Waals surface area contributed by atoms with Gasteiger partial charge in [0.2, 0.25) is 0 Å². The summed E-state index contributed by atoms with van der Waals surface area (Å²) in [5.41, 5.74) is 0. The van der Waals surface area contributed by atoms with Crippen LogP contribution >= 0.6 is 0 Å². The third-order valence-corrected chi connectivity index (χ3v) is 4.82.